The zero-order valence-electron chi connectivity index (χ0n) is 21.5. The van der Waals surface area contributed by atoms with E-state index in [1.165, 1.54) is 77.0 Å². The fourth-order valence-electron chi connectivity index (χ4n) is 6.91. The first-order valence-electron chi connectivity index (χ1n) is 14.2. The molecule has 2 fully saturated rings. The molecule has 34 heavy (non-hydrogen) atoms. The summed E-state index contributed by atoms with van der Waals surface area (Å²) in [6.07, 6.45) is 19.4. The van der Waals surface area contributed by atoms with Gasteiger partial charge in [-0.3, -0.25) is 0 Å². The predicted molar refractivity (Wildman–Crippen MR) is 135 cm³/mol. The Morgan fingerprint density at radius 2 is 1.53 bits per heavy atom. The molecule has 0 saturated heterocycles. The van der Waals surface area contributed by atoms with Crippen LogP contribution in [-0.4, -0.2) is 18.7 Å². The van der Waals surface area contributed by atoms with Crippen molar-refractivity contribution in [3.63, 3.8) is 0 Å². The van der Waals surface area contributed by atoms with Crippen LogP contribution in [0.5, 0.6) is 5.75 Å². The van der Waals surface area contributed by atoms with E-state index in [1.807, 2.05) is 6.07 Å². The lowest BCUT2D eigenvalue weighted by Gasteiger charge is -2.38. The highest BCUT2D eigenvalue weighted by Crippen LogP contribution is 2.43. The van der Waals surface area contributed by atoms with Gasteiger partial charge in [-0.2, -0.15) is 0 Å². The first-order valence-corrected chi connectivity index (χ1v) is 14.2. The van der Waals surface area contributed by atoms with Crippen LogP contribution in [0.15, 0.2) is 12.1 Å². The molecule has 1 unspecified atom stereocenters. The number of rotatable bonds is 10. The summed E-state index contributed by atoms with van der Waals surface area (Å²) < 4.78 is 25.6. The number of unbranched alkanes of at least 4 members (excludes halogenated alkanes) is 2. The minimum atomic E-state index is -0.573. The van der Waals surface area contributed by atoms with E-state index >= 15 is 0 Å². The van der Waals surface area contributed by atoms with Crippen LogP contribution in [0.1, 0.15) is 120 Å². The van der Waals surface area contributed by atoms with Crippen LogP contribution < -0.4 is 4.74 Å². The van der Waals surface area contributed by atoms with Crippen molar-refractivity contribution in [2.75, 3.05) is 6.61 Å². The van der Waals surface area contributed by atoms with Gasteiger partial charge in [0.25, 0.3) is 0 Å². The second-order valence-electron chi connectivity index (χ2n) is 11.2. The highest BCUT2D eigenvalue weighted by molar-refractivity contribution is 5.93. The maximum atomic E-state index is 14.7. The molecule has 4 rings (SSSR count). The third kappa shape index (κ3) is 6.34. The van der Waals surface area contributed by atoms with Crippen molar-refractivity contribution in [3.8, 4) is 5.75 Å². The van der Waals surface area contributed by atoms with Gasteiger partial charge in [0.1, 0.15) is 11.7 Å². The second kappa shape index (κ2) is 12.4. The SMILES string of the molecule is CCCCCC1CCC(C2CCC(CCC3Cc4ccc(OCC)c(F)c4C(=O)O3)CC2)CC1. The van der Waals surface area contributed by atoms with Gasteiger partial charge in [-0.25, -0.2) is 9.18 Å². The Hall–Kier alpha value is -1.58. The molecular weight excluding hydrogens is 427 g/mol. The summed E-state index contributed by atoms with van der Waals surface area (Å²) in [6, 6.07) is 3.48. The number of esters is 1. The average molecular weight is 473 g/mol. The standard InChI is InChI=1S/C30H45FO3/c1-3-5-6-7-21-8-13-23(14-9-21)24-15-10-22(11-16-24)12-18-26-20-25-17-19-27(33-4-2)29(31)28(25)30(32)34-26/h17,19,21-24,26H,3-16,18,20H2,1-2H3. The molecule has 0 aromatic heterocycles. The van der Waals surface area contributed by atoms with Crippen molar-refractivity contribution < 1.29 is 18.7 Å². The fraction of sp³-hybridized carbons (Fsp3) is 0.767. The molecular formula is C30H45FO3. The van der Waals surface area contributed by atoms with Gasteiger partial charge in [-0.05, 0) is 80.8 Å². The Labute approximate surface area is 206 Å². The van der Waals surface area contributed by atoms with Crippen molar-refractivity contribution in [1.82, 2.24) is 0 Å². The summed E-state index contributed by atoms with van der Waals surface area (Å²) in [5, 5.41) is 0. The maximum absolute atomic E-state index is 14.7. The molecule has 1 aliphatic heterocycles. The highest BCUT2D eigenvalue weighted by Gasteiger charge is 2.33. The fourth-order valence-corrected chi connectivity index (χ4v) is 6.91. The van der Waals surface area contributed by atoms with Crippen molar-refractivity contribution in [1.29, 1.82) is 0 Å². The first-order chi connectivity index (χ1) is 16.6. The maximum Gasteiger partial charge on any atom is 0.341 e. The second-order valence-corrected chi connectivity index (χ2v) is 11.2. The van der Waals surface area contributed by atoms with Crippen LogP contribution in [0.2, 0.25) is 0 Å². The molecule has 190 valence electrons. The molecule has 0 bridgehead atoms. The lowest BCUT2D eigenvalue weighted by atomic mass is 9.68. The molecule has 0 spiro atoms. The van der Waals surface area contributed by atoms with Gasteiger partial charge in [0.2, 0.25) is 0 Å². The Bertz CT molecular complexity index is 790. The molecule has 2 saturated carbocycles. The molecule has 0 radical (unpaired) electrons. The predicted octanol–water partition coefficient (Wildman–Crippen LogP) is 8.28. The number of hydrogen-bond donors (Lipinski definition) is 0. The third-order valence-electron chi connectivity index (χ3n) is 8.98. The van der Waals surface area contributed by atoms with E-state index in [0.29, 0.717) is 13.0 Å². The summed E-state index contributed by atoms with van der Waals surface area (Å²) in [5.74, 6) is 2.69. The number of halogens is 1. The van der Waals surface area contributed by atoms with Gasteiger partial charge < -0.3 is 9.47 Å². The van der Waals surface area contributed by atoms with Crippen LogP contribution >= 0.6 is 0 Å². The minimum Gasteiger partial charge on any atom is -0.491 e. The Morgan fingerprint density at radius 1 is 0.882 bits per heavy atom. The Morgan fingerprint density at radius 3 is 2.15 bits per heavy atom. The van der Waals surface area contributed by atoms with Crippen LogP contribution in [0.25, 0.3) is 0 Å². The van der Waals surface area contributed by atoms with Gasteiger partial charge in [-0.1, -0.05) is 64.4 Å². The lowest BCUT2D eigenvalue weighted by molar-refractivity contribution is 0.0204. The smallest absolute Gasteiger partial charge is 0.341 e. The highest BCUT2D eigenvalue weighted by atomic mass is 19.1. The van der Waals surface area contributed by atoms with Crippen LogP contribution in [0.4, 0.5) is 4.39 Å². The largest absolute Gasteiger partial charge is 0.491 e. The van der Waals surface area contributed by atoms with E-state index in [1.54, 1.807) is 13.0 Å². The lowest BCUT2D eigenvalue weighted by Crippen LogP contribution is -2.30. The first kappa shape index (κ1) is 25.5. The molecule has 1 aromatic carbocycles. The summed E-state index contributed by atoms with van der Waals surface area (Å²) in [4.78, 5) is 12.5. The van der Waals surface area contributed by atoms with Gasteiger partial charge in [0.05, 0.1) is 6.61 Å². The quantitative estimate of drug-likeness (QED) is 0.254. The Balaban J connectivity index is 1.18. The number of carbonyl (C=O) groups excluding carboxylic acids is 1. The molecule has 3 nitrogen and oxygen atoms in total. The summed E-state index contributed by atoms with van der Waals surface area (Å²) in [7, 11) is 0. The Kier molecular flexibility index (Phi) is 9.31. The third-order valence-corrected chi connectivity index (χ3v) is 8.98. The monoisotopic (exact) mass is 472 g/mol. The molecule has 1 heterocycles. The van der Waals surface area contributed by atoms with E-state index in [2.05, 4.69) is 6.92 Å². The number of cyclic esters (lactones) is 1. The number of benzene rings is 1. The minimum absolute atomic E-state index is 0.0720. The molecule has 1 atom stereocenters. The number of ether oxygens (including phenoxy) is 2. The number of fused-ring (bicyclic) bond motifs is 1. The van der Waals surface area contributed by atoms with E-state index in [0.717, 1.165) is 42.1 Å². The topological polar surface area (TPSA) is 35.5 Å². The van der Waals surface area contributed by atoms with E-state index in [-0.39, 0.29) is 17.4 Å². The van der Waals surface area contributed by atoms with Gasteiger partial charge in [0.15, 0.2) is 11.6 Å². The van der Waals surface area contributed by atoms with E-state index < -0.39 is 11.8 Å². The van der Waals surface area contributed by atoms with Crippen molar-refractivity contribution >= 4 is 5.97 Å². The molecule has 0 amide bonds. The summed E-state index contributed by atoms with van der Waals surface area (Å²) in [6.45, 7) is 4.48. The molecule has 2 aliphatic carbocycles. The molecule has 4 heteroatoms. The van der Waals surface area contributed by atoms with Gasteiger partial charge >= 0.3 is 5.97 Å². The zero-order valence-corrected chi connectivity index (χ0v) is 21.5. The molecule has 0 N–H and O–H groups in total. The van der Waals surface area contributed by atoms with Gasteiger partial charge in [0, 0.05) is 6.42 Å². The summed E-state index contributed by atoms with van der Waals surface area (Å²) >= 11 is 0. The van der Waals surface area contributed by atoms with E-state index in [4.69, 9.17) is 9.47 Å². The van der Waals surface area contributed by atoms with E-state index in [9.17, 15) is 9.18 Å². The van der Waals surface area contributed by atoms with Crippen LogP contribution in [0, 0.1) is 29.5 Å². The summed E-state index contributed by atoms with van der Waals surface area (Å²) in [5.41, 5.74) is 0.832. The zero-order chi connectivity index (χ0) is 23.9. The van der Waals surface area contributed by atoms with Crippen molar-refractivity contribution in [2.45, 2.75) is 116 Å². The van der Waals surface area contributed by atoms with Crippen LogP contribution in [0.3, 0.4) is 0 Å². The normalized spacial score (nSPS) is 29.4. The van der Waals surface area contributed by atoms with Crippen LogP contribution in [-0.2, 0) is 11.2 Å². The average Bonchev–Trinajstić information content (AvgIpc) is 2.85. The van der Waals surface area contributed by atoms with Crippen molar-refractivity contribution in [3.05, 3.63) is 29.1 Å². The molecule has 3 aliphatic rings. The number of carbonyl (C=O) groups is 1. The van der Waals surface area contributed by atoms with Gasteiger partial charge in [-0.15, -0.1) is 0 Å². The van der Waals surface area contributed by atoms with Crippen molar-refractivity contribution in [2.24, 2.45) is 23.7 Å². The number of hydrogen-bond acceptors (Lipinski definition) is 3. The molecule has 1 aromatic rings.